The minimum absolute atomic E-state index is 0.0305. The average Bonchev–Trinajstić information content (AvgIpc) is 3.59. The molecule has 1 aliphatic rings. The molecule has 1 atom stereocenters. The number of hydrogen-bond acceptors (Lipinski definition) is 5. The van der Waals surface area contributed by atoms with Gasteiger partial charge in [-0.25, -0.2) is 13.9 Å². The Morgan fingerprint density at radius 2 is 1.87 bits per heavy atom. The predicted octanol–water partition coefficient (Wildman–Crippen LogP) is 3.33. The zero-order chi connectivity index (χ0) is 21.7. The number of hydrogen-bond donors (Lipinski definition) is 3. The van der Waals surface area contributed by atoms with Crippen molar-refractivity contribution in [2.24, 2.45) is 0 Å². The van der Waals surface area contributed by atoms with E-state index in [9.17, 15) is 13.2 Å². The fourth-order valence-corrected chi connectivity index (χ4v) is 4.48. The summed E-state index contributed by atoms with van der Waals surface area (Å²) in [6.07, 6.45) is 2.69. The van der Waals surface area contributed by atoms with E-state index in [0.717, 1.165) is 17.0 Å². The van der Waals surface area contributed by atoms with Crippen LogP contribution < -0.4 is 10.8 Å². The van der Waals surface area contributed by atoms with E-state index < -0.39 is 21.8 Å². The molecule has 0 radical (unpaired) electrons. The Balaban J connectivity index is 1.65. The van der Waals surface area contributed by atoms with E-state index in [4.69, 9.17) is 5.21 Å². The highest BCUT2D eigenvalue weighted by atomic mass is 32.2. The number of amides is 1. The molecule has 3 N–H and O–H groups in total. The number of nitrogens with one attached hydrogen (secondary N) is 2. The predicted molar refractivity (Wildman–Crippen MR) is 118 cm³/mol. The number of aryl methyl sites for hydroxylation is 1. The van der Waals surface area contributed by atoms with Gasteiger partial charge >= 0.3 is 0 Å². The molecular weight excluding hydrogens is 400 g/mol. The van der Waals surface area contributed by atoms with E-state index in [2.05, 4.69) is 48.6 Å². The van der Waals surface area contributed by atoms with E-state index in [1.807, 2.05) is 6.07 Å². The average molecular weight is 431 g/mol. The van der Waals surface area contributed by atoms with E-state index in [1.54, 1.807) is 12.4 Å². The molecule has 6 nitrogen and oxygen atoms in total. The van der Waals surface area contributed by atoms with Gasteiger partial charge in [0.2, 0.25) is 0 Å². The van der Waals surface area contributed by atoms with E-state index >= 15 is 0 Å². The Bertz CT molecular complexity index is 983. The SMILES string of the molecule is CCS(=O)(=O)CCC(NCc1ccc(-c2ccc(C3CC3)cc2)c(C)c1)C(=O)NO. The summed E-state index contributed by atoms with van der Waals surface area (Å²) in [7, 11) is -3.19. The quantitative estimate of drug-likeness (QED) is 0.397. The minimum Gasteiger partial charge on any atom is -0.302 e. The summed E-state index contributed by atoms with van der Waals surface area (Å²) in [5.74, 6) is 0.0296. The molecule has 30 heavy (non-hydrogen) atoms. The Morgan fingerprint density at radius 3 is 2.43 bits per heavy atom. The lowest BCUT2D eigenvalue weighted by molar-refractivity contribution is -0.131. The highest BCUT2D eigenvalue weighted by Crippen LogP contribution is 2.40. The molecule has 162 valence electrons. The van der Waals surface area contributed by atoms with Gasteiger partial charge in [-0.2, -0.15) is 0 Å². The molecule has 0 bridgehead atoms. The Labute approximate surface area is 178 Å². The third kappa shape index (κ3) is 5.90. The monoisotopic (exact) mass is 430 g/mol. The molecule has 1 fully saturated rings. The molecule has 0 aromatic heterocycles. The molecule has 1 amide bonds. The van der Waals surface area contributed by atoms with Crippen LogP contribution in [0.2, 0.25) is 0 Å². The highest BCUT2D eigenvalue weighted by molar-refractivity contribution is 7.91. The standard InChI is InChI=1S/C23H30N2O4S/c1-3-30(28,29)13-12-22(23(26)25-27)24-15-17-4-11-21(16(2)14-17)20-9-7-19(8-10-20)18-5-6-18/h4,7-11,14,18,22,24,27H,3,5-6,12-13,15H2,1-2H3,(H,25,26). The molecule has 2 aromatic carbocycles. The highest BCUT2D eigenvalue weighted by Gasteiger charge is 2.23. The second-order valence-electron chi connectivity index (χ2n) is 7.98. The second kappa shape index (κ2) is 9.73. The summed E-state index contributed by atoms with van der Waals surface area (Å²) in [4.78, 5) is 11.9. The smallest absolute Gasteiger partial charge is 0.260 e. The summed E-state index contributed by atoms with van der Waals surface area (Å²) in [5.41, 5.74) is 7.49. The van der Waals surface area contributed by atoms with Crippen LogP contribution in [-0.2, 0) is 21.2 Å². The maximum atomic E-state index is 11.9. The zero-order valence-corrected chi connectivity index (χ0v) is 18.3. The van der Waals surface area contributed by atoms with Gasteiger partial charge in [0.25, 0.3) is 5.91 Å². The third-order valence-corrected chi connectivity index (χ3v) is 7.44. The van der Waals surface area contributed by atoms with Crippen molar-refractivity contribution in [1.82, 2.24) is 10.8 Å². The molecule has 0 saturated heterocycles. The lowest BCUT2D eigenvalue weighted by atomic mass is 9.97. The second-order valence-corrected chi connectivity index (χ2v) is 10.5. The largest absolute Gasteiger partial charge is 0.302 e. The van der Waals surface area contributed by atoms with Gasteiger partial charge < -0.3 is 5.32 Å². The van der Waals surface area contributed by atoms with Crippen LogP contribution in [0.5, 0.6) is 0 Å². The van der Waals surface area contributed by atoms with Crippen LogP contribution in [0, 0.1) is 6.92 Å². The lowest BCUT2D eigenvalue weighted by Crippen LogP contribution is -2.43. The van der Waals surface area contributed by atoms with Crippen LogP contribution in [0.4, 0.5) is 0 Å². The number of carbonyl (C=O) groups excluding carboxylic acids is 1. The number of sulfone groups is 1. The number of carbonyl (C=O) groups is 1. The van der Waals surface area contributed by atoms with E-state index in [1.165, 1.54) is 29.5 Å². The van der Waals surface area contributed by atoms with Crippen LogP contribution >= 0.6 is 0 Å². The van der Waals surface area contributed by atoms with Crippen molar-refractivity contribution in [3.05, 3.63) is 59.2 Å². The topological polar surface area (TPSA) is 95.5 Å². The molecule has 3 rings (SSSR count). The molecule has 1 saturated carbocycles. The number of hydroxylamine groups is 1. The summed E-state index contributed by atoms with van der Waals surface area (Å²) < 4.78 is 23.5. The first-order valence-corrected chi connectivity index (χ1v) is 12.2. The van der Waals surface area contributed by atoms with Crippen molar-refractivity contribution in [2.75, 3.05) is 11.5 Å². The summed E-state index contributed by atoms with van der Waals surface area (Å²) in [6, 6.07) is 14.1. The van der Waals surface area contributed by atoms with Crippen molar-refractivity contribution < 1.29 is 18.4 Å². The first-order valence-electron chi connectivity index (χ1n) is 10.4. The molecule has 0 spiro atoms. The maximum Gasteiger partial charge on any atom is 0.260 e. The number of rotatable bonds is 10. The van der Waals surface area contributed by atoms with Gasteiger partial charge in [-0.3, -0.25) is 10.0 Å². The normalized spacial score (nSPS) is 15.0. The fourth-order valence-electron chi connectivity index (χ4n) is 3.60. The summed E-state index contributed by atoms with van der Waals surface area (Å²) >= 11 is 0. The van der Waals surface area contributed by atoms with Gasteiger partial charge in [0.15, 0.2) is 0 Å². The zero-order valence-electron chi connectivity index (χ0n) is 17.5. The number of benzene rings is 2. The fraction of sp³-hybridized carbons (Fsp3) is 0.435. The Morgan fingerprint density at radius 1 is 1.17 bits per heavy atom. The van der Waals surface area contributed by atoms with Crippen molar-refractivity contribution in [1.29, 1.82) is 0 Å². The third-order valence-electron chi connectivity index (χ3n) is 5.70. The van der Waals surface area contributed by atoms with Crippen molar-refractivity contribution in [3.8, 4) is 11.1 Å². The Hall–Kier alpha value is -2.22. The summed E-state index contributed by atoms with van der Waals surface area (Å²) in [5, 5.41) is 12.0. The van der Waals surface area contributed by atoms with Gasteiger partial charge in [0.05, 0.1) is 11.8 Å². The van der Waals surface area contributed by atoms with E-state index in [0.29, 0.717) is 6.54 Å². The summed E-state index contributed by atoms with van der Waals surface area (Å²) in [6.45, 7) is 4.03. The molecule has 2 aromatic rings. The van der Waals surface area contributed by atoms with Gasteiger partial charge in [-0.05, 0) is 59.9 Å². The Kier molecular flexibility index (Phi) is 7.28. The molecule has 1 aliphatic carbocycles. The first-order chi connectivity index (χ1) is 14.3. The molecule has 0 heterocycles. The maximum absolute atomic E-state index is 11.9. The molecule has 0 aliphatic heterocycles. The lowest BCUT2D eigenvalue weighted by Gasteiger charge is -2.17. The van der Waals surface area contributed by atoms with Gasteiger partial charge in [0.1, 0.15) is 9.84 Å². The van der Waals surface area contributed by atoms with Crippen LogP contribution in [0.15, 0.2) is 42.5 Å². The van der Waals surface area contributed by atoms with E-state index in [-0.39, 0.29) is 17.9 Å². The molecular formula is C23H30N2O4S. The van der Waals surface area contributed by atoms with Gasteiger partial charge in [0, 0.05) is 12.3 Å². The van der Waals surface area contributed by atoms with Crippen molar-refractivity contribution >= 4 is 15.7 Å². The van der Waals surface area contributed by atoms with Crippen molar-refractivity contribution in [2.45, 2.75) is 51.6 Å². The van der Waals surface area contributed by atoms with Gasteiger partial charge in [-0.15, -0.1) is 0 Å². The van der Waals surface area contributed by atoms with Crippen LogP contribution in [0.3, 0.4) is 0 Å². The van der Waals surface area contributed by atoms with Crippen LogP contribution in [0.25, 0.3) is 11.1 Å². The molecule has 7 heteroatoms. The molecule has 1 unspecified atom stereocenters. The first kappa shape index (κ1) is 22.5. The van der Waals surface area contributed by atoms with Crippen LogP contribution in [-0.4, -0.2) is 37.1 Å². The van der Waals surface area contributed by atoms with Crippen LogP contribution in [0.1, 0.15) is 48.8 Å². The van der Waals surface area contributed by atoms with Crippen molar-refractivity contribution in [3.63, 3.8) is 0 Å². The minimum atomic E-state index is -3.19. The van der Waals surface area contributed by atoms with Gasteiger partial charge in [-0.1, -0.05) is 49.4 Å².